The average Bonchev–Trinajstić information content (AvgIpc) is 2.68. The quantitative estimate of drug-likeness (QED) is 0.518. The first kappa shape index (κ1) is 20.1. The van der Waals surface area contributed by atoms with Crippen LogP contribution in [0.1, 0.15) is 40.5 Å². The fourth-order valence-corrected chi connectivity index (χ4v) is 3.33. The highest BCUT2D eigenvalue weighted by Crippen LogP contribution is 2.30. The largest absolute Gasteiger partial charge is 0.507 e. The van der Waals surface area contributed by atoms with Gasteiger partial charge in [0.2, 0.25) is 0 Å². The van der Waals surface area contributed by atoms with E-state index >= 15 is 0 Å². The zero-order valence-corrected chi connectivity index (χ0v) is 15.8. The number of carboxylic acids is 1. The number of nitro benzene ring substituents is 1. The summed E-state index contributed by atoms with van der Waals surface area (Å²) in [6.45, 7) is 3.65. The van der Waals surface area contributed by atoms with Crippen LogP contribution in [0.2, 0.25) is 0 Å². The van der Waals surface area contributed by atoms with Crippen molar-refractivity contribution in [2.45, 2.75) is 19.8 Å². The van der Waals surface area contributed by atoms with Crippen LogP contribution in [0.3, 0.4) is 0 Å². The van der Waals surface area contributed by atoms with E-state index in [-0.39, 0.29) is 22.5 Å². The van der Waals surface area contributed by atoms with Gasteiger partial charge in [0, 0.05) is 37.0 Å². The van der Waals surface area contributed by atoms with Crippen LogP contribution in [0.25, 0.3) is 0 Å². The smallest absolute Gasteiger partial charge is 0.339 e. The van der Waals surface area contributed by atoms with E-state index in [4.69, 9.17) is 5.11 Å². The number of amides is 1. The van der Waals surface area contributed by atoms with Crippen molar-refractivity contribution in [3.63, 3.8) is 0 Å². The Morgan fingerprint density at radius 3 is 2.41 bits per heavy atom. The second-order valence-electron chi connectivity index (χ2n) is 7.12. The van der Waals surface area contributed by atoms with E-state index in [2.05, 4.69) is 12.2 Å². The maximum Gasteiger partial charge on any atom is 0.339 e. The lowest BCUT2D eigenvalue weighted by Crippen LogP contribution is -2.34. The standard InChI is InChI=1S/C20H21N3O6/c1-12-6-8-22(9-7-12)17-5-3-14(23(28)29)11-16(17)19(25)21-13-2-4-15(20(26)27)18(24)10-13/h2-5,10-12,24H,6-9H2,1H3,(H,21,25)(H,26,27). The van der Waals surface area contributed by atoms with Gasteiger partial charge >= 0.3 is 5.97 Å². The summed E-state index contributed by atoms with van der Waals surface area (Å²) in [6, 6.07) is 7.83. The maximum absolute atomic E-state index is 12.9. The van der Waals surface area contributed by atoms with E-state index in [0.717, 1.165) is 32.0 Å². The molecule has 2 aromatic rings. The van der Waals surface area contributed by atoms with Gasteiger partial charge in [0.1, 0.15) is 11.3 Å². The van der Waals surface area contributed by atoms with Gasteiger partial charge in [-0.05, 0) is 37.0 Å². The number of phenols is 1. The first-order chi connectivity index (χ1) is 13.8. The van der Waals surface area contributed by atoms with E-state index in [9.17, 15) is 24.8 Å². The van der Waals surface area contributed by atoms with Gasteiger partial charge in [-0.3, -0.25) is 14.9 Å². The molecule has 3 N–H and O–H groups in total. The summed E-state index contributed by atoms with van der Waals surface area (Å²) in [5.74, 6) is -1.78. The fourth-order valence-electron chi connectivity index (χ4n) is 3.33. The van der Waals surface area contributed by atoms with Crippen molar-refractivity contribution in [2.75, 3.05) is 23.3 Å². The van der Waals surface area contributed by atoms with Crippen LogP contribution in [0, 0.1) is 16.0 Å². The van der Waals surface area contributed by atoms with Crippen molar-refractivity contribution in [1.29, 1.82) is 0 Å². The Balaban J connectivity index is 1.91. The summed E-state index contributed by atoms with van der Waals surface area (Å²) in [5, 5.41) is 32.6. The number of hydrogen-bond acceptors (Lipinski definition) is 6. The monoisotopic (exact) mass is 399 g/mol. The topological polar surface area (TPSA) is 133 Å². The summed E-state index contributed by atoms with van der Waals surface area (Å²) >= 11 is 0. The molecule has 0 bridgehead atoms. The molecule has 9 nitrogen and oxygen atoms in total. The van der Waals surface area contributed by atoms with Crippen LogP contribution in [-0.2, 0) is 0 Å². The Hall–Kier alpha value is -3.62. The van der Waals surface area contributed by atoms with Gasteiger partial charge in [-0.2, -0.15) is 0 Å². The number of benzene rings is 2. The maximum atomic E-state index is 12.9. The van der Waals surface area contributed by atoms with Crippen molar-refractivity contribution < 1.29 is 24.7 Å². The molecule has 1 heterocycles. The predicted octanol–water partition coefficient (Wildman–Crippen LogP) is 3.49. The van der Waals surface area contributed by atoms with Gasteiger partial charge in [0.05, 0.1) is 16.2 Å². The van der Waals surface area contributed by atoms with Crippen LogP contribution in [0.15, 0.2) is 36.4 Å². The van der Waals surface area contributed by atoms with E-state index in [0.29, 0.717) is 11.6 Å². The number of nitrogens with zero attached hydrogens (tertiary/aromatic N) is 2. The van der Waals surface area contributed by atoms with Crippen LogP contribution < -0.4 is 10.2 Å². The predicted molar refractivity (Wildman–Crippen MR) is 107 cm³/mol. The van der Waals surface area contributed by atoms with E-state index in [1.165, 1.54) is 24.3 Å². The third-order valence-electron chi connectivity index (χ3n) is 5.05. The van der Waals surface area contributed by atoms with Crippen molar-refractivity contribution in [3.05, 3.63) is 57.6 Å². The molecule has 0 atom stereocenters. The minimum absolute atomic E-state index is 0.149. The molecular formula is C20H21N3O6. The molecule has 0 saturated carbocycles. The molecule has 152 valence electrons. The number of carboxylic acid groups (broad SMARTS) is 1. The van der Waals surface area contributed by atoms with Gasteiger partial charge in [-0.15, -0.1) is 0 Å². The summed E-state index contributed by atoms with van der Waals surface area (Å²) in [5.41, 5.74) is 0.443. The van der Waals surface area contributed by atoms with Crippen molar-refractivity contribution in [1.82, 2.24) is 0 Å². The molecule has 29 heavy (non-hydrogen) atoms. The molecule has 3 rings (SSSR count). The Kier molecular flexibility index (Phi) is 5.67. The number of nitrogens with one attached hydrogen (secondary N) is 1. The number of piperidine rings is 1. The number of aromatic carboxylic acids is 1. The molecule has 0 unspecified atom stereocenters. The molecule has 1 fully saturated rings. The van der Waals surface area contributed by atoms with E-state index < -0.39 is 22.5 Å². The first-order valence-electron chi connectivity index (χ1n) is 9.17. The molecule has 2 aromatic carbocycles. The summed E-state index contributed by atoms with van der Waals surface area (Å²) in [6.07, 6.45) is 1.92. The second-order valence-corrected chi connectivity index (χ2v) is 7.12. The number of non-ortho nitro benzene ring substituents is 1. The van der Waals surface area contributed by atoms with Crippen molar-refractivity contribution >= 4 is 28.9 Å². The van der Waals surface area contributed by atoms with Gasteiger partial charge in [-0.1, -0.05) is 6.92 Å². The Bertz CT molecular complexity index is 967. The highest BCUT2D eigenvalue weighted by atomic mass is 16.6. The van der Waals surface area contributed by atoms with Gasteiger partial charge < -0.3 is 20.4 Å². The number of aromatic hydroxyl groups is 1. The molecular weight excluding hydrogens is 378 g/mol. The molecule has 0 spiro atoms. The van der Waals surface area contributed by atoms with Crippen LogP contribution in [0.5, 0.6) is 5.75 Å². The zero-order chi connectivity index (χ0) is 21.1. The minimum atomic E-state index is -1.29. The molecule has 1 saturated heterocycles. The van der Waals surface area contributed by atoms with Crippen LogP contribution in [-0.4, -0.2) is 40.1 Å². The fraction of sp³-hybridized carbons (Fsp3) is 0.300. The number of nitro groups is 1. The molecule has 0 aliphatic carbocycles. The molecule has 0 aromatic heterocycles. The Morgan fingerprint density at radius 2 is 1.83 bits per heavy atom. The SMILES string of the molecule is CC1CCN(c2ccc([N+](=O)[O-])cc2C(=O)Nc2ccc(C(=O)O)c(O)c2)CC1. The summed E-state index contributed by atoms with van der Waals surface area (Å²) in [4.78, 5) is 36.5. The summed E-state index contributed by atoms with van der Waals surface area (Å²) in [7, 11) is 0. The third-order valence-corrected chi connectivity index (χ3v) is 5.05. The molecule has 0 radical (unpaired) electrons. The lowest BCUT2D eigenvalue weighted by atomic mass is 9.98. The molecule has 9 heteroatoms. The first-order valence-corrected chi connectivity index (χ1v) is 9.17. The van der Waals surface area contributed by atoms with Crippen molar-refractivity contribution in [3.8, 4) is 5.75 Å². The second kappa shape index (κ2) is 8.17. The number of anilines is 2. The number of rotatable bonds is 5. The highest BCUT2D eigenvalue weighted by molar-refractivity contribution is 6.09. The van der Waals surface area contributed by atoms with Crippen LogP contribution >= 0.6 is 0 Å². The Morgan fingerprint density at radius 1 is 1.14 bits per heavy atom. The zero-order valence-electron chi connectivity index (χ0n) is 15.8. The summed E-state index contributed by atoms with van der Waals surface area (Å²) < 4.78 is 0. The normalized spacial score (nSPS) is 14.4. The Labute approximate surface area is 166 Å². The lowest BCUT2D eigenvalue weighted by Gasteiger charge is -2.33. The third kappa shape index (κ3) is 4.45. The number of carbonyl (C=O) groups is 2. The minimum Gasteiger partial charge on any atom is -0.507 e. The number of hydrogen-bond donors (Lipinski definition) is 3. The van der Waals surface area contributed by atoms with Gasteiger partial charge in [0.25, 0.3) is 11.6 Å². The molecule has 1 aliphatic heterocycles. The highest BCUT2D eigenvalue weighted by Gasteiger charge is 2.24. The molecule has 1 aliphatic rings. The van der Waals surface area contributed by atoms with Crippen LogP contribution in [0.4, 0.5) is 17.1 Å². The average molecular weight is 399 g/mol. The van der Waals surface area contributed by atoms with Gasteiger partial charge in [0.15, 0.2) is 0 Å². The lowest BCUT2D eigenvalue weighted by molar-refractivity contribution is -0.384. The van der Waals surface area contributed by atoms with E-state index in [1.54, 1.807) is 6.07 Å². The van der Waals surface area contributed by atoms with Crippen molar-refractivity contribution in [2.24, 2.45) is 5.92 Å². The van der Waals surface area contributed by atoms with Gasteiger partial charge in [-0.25, -0.2) is 4.79 Å². The molecule has 1 amide bonds. The number of carbonyl (C=O) groups excluding carboxylic acids is 1. The van der Waals surface area contributed by atoms with E-state index in [1.807, 2.05) is 4.90 Å².